The number of ketones is 1. The SMILES string of the molecule is C=CC1(CC#N)Nc2c(S(C)=O)c(C(C)=O)nn2-c2c(Cl)cc(C(F)(F)F)cc21. The average Bonchev–Trinajstić information content (AvgIpc) is 3.00. The Labute approximate surface area is 171 Å². The number of hydrogen-bond donors (Lipinski definition) is 1. The van der Waals surface area contributed by atoms with Crippen LogP contribution in [0.25, 0.3) is 5.69 Å². The topological polar surface area (TPSA) is 87.8 Å². The molecule has 29 heavy (non-hydrogen) atoms. The molecule has 0 spiro atoms. The maximum absolute atomic E-state index is 13.4. The van der Waals surface area contributed by atoms with Crippen molar-refractivity contribution in [2.24, 2.45) is 0 Å². The molecular formula is C18H14ClF3N4O2S. The predicted octanol–water partition coefficient (Wildman–Crippen LogP) is 4.20. The van der Waals surface area contributed by atoms with Crippen molar-refractivity contribution >= 4 is 34.0 Å². The first-order valence-electron chi connectivity index (χ1n) is 8.14. The van der Waals surface area contributed by atoms with E-state index in [0.717, 1.165) is 16.8 Å². The highest BCUT2D eigenvalue weighted by Crippen LogP contribution is 2.47. The Morgan fingerprint density at radius 3 is 2.66 bits per heavy atom. The molecule has 0 saturated carbocycles. The third kappa shape index (κ3) is 3.24. The Hall–Kier alpha value is -2.64. The van der Waals surface area contributed by atoms with Gasteiger partial charge in [0.1, 0.15) is 16.4 Å². The number of anilines is 1. The van der Waals surface area contributed by atoms with Crippen molar-refractivity contribution in [1.29, 1.82) is 5.26 Å². The van der Waals surface area contributed by atoms with Crippen molar-refractivity contribution in [3.05, 3.63) is 46.6 Å². The molecule has 0 fully saturated rings. The van der Waals surface area contributed by atoms with E-state index in [1.165, 1.54) is 19.3 Å². The van der Waals surface area contributed by atoms with Crippen molar-refractivity contribution in [2.75, 3.05) is 11.6 Å². The molecule has 0 amide bonds. The van der Waals surface area contributed by atoms with E-state index in [1.807, 2.05) is 6.07 Å². The van der Waals surface area contributed by atoms with E-state index in [0.29, 0.717) is 0 Å². The number of benzene rings is 1. The lowest BCUT2D eigenvalue weighted by molar-refractivity contribution is -0.137. The van der Waals surface area contributed by atoms with E-state index >= 15 is 0 Å². The summed E-state index contributed by atoms with van der Waals surface area (Å²) in [6.07, 6.45) is -2.34. The Morgan fingerprint density at radius 2 is 2.17 bits per heavy atom. The zero-order chi connectivity index (χ0) is 21.7. The quantitative estimate of drug-likeness (QED) is 0.566. The maximum atomic E-state index is 13.4. The van der Waals surface area contributed by atoms with Crippen molar-refractivity contribution in [3.63, 3.8) is 0 Å². The van der Waals surface area contributed by atoms with Crippen molar-refractivity contribution < 1.29 is 22.2 Å². The molecule has 2 atom stereocenters. The summed E-state index contributed by atoms with van der Waals surface area (Å²) in [5, 5.41) is 16.1. The molecule has 1 aromatic carbocycles. The van der Waals surface area contributed by atoms with Gasteiger partial charge in [-0.15, -0.1) is 6.58 Å². The summed E-state index contributed by atoms with van der Waals surface area (Å²) >= 11 is 6.22. The smallest absolute Gasteiger partial charge is 0.355 e. The first-order chi connectivity index (χ1) is 13.5. The van der Waals surface area contributed by atoms with E-state index in [-0.39, 0.29) is 39.1 Å². The molecule has 6 nitrogen and oxygen atoms in total. The predicted molar refractivity (Wildman–Crippen MR) is 102 cm³/mol. The highest BCUT2D eigenvalue weighted by molar-refractivity contribution is 7.84. The molecule has 0 bridgehead atoms. The molecule has 2 heterocycles. The van der Waals surface area contributed by atoms with Gasteiger partial charge in [0, 0.05) is 18.7 Å². The van der Waals surface area contributed by atoms with E-state index in [4.69, 9.17) is 11.6 Å². The highest BCUT2D eigenvalue weighted by Gasteiger charge is 2.43. The van der Waals surface area contributed by atoms with E-state index in [1.54, 1.807) is 0 Å². The Morgan fingerprint density at radius 1 is 1.52 bits per heavy atom. The van der Waals surface area contributed by atoms with Crippen LogP contribution in [0, 0.1) is 11.3 Å². The number of alkyl halides is 3. The van der Waals surface area contributed by atoms with Gasteiger partial charge >= 0.3 is 6.18 Å². The van der Waals surface area contributed by atoms with Crippen LogP contribution in [-0.2, 0) is 22.5 Å². The van der Waals surface area contributed by atoms with Gasteiger partial charge in [-0.3, -0.25) is 9.00 Å². The monoisotopic (exact) mass is 442 g/mol. The maximum Gasteiger partial charge on any atom is 0.416 e. The van der Waals surface area contributed by atoms with Gasteiger partial charge in [0.2, 0.25) is 0 Å². The molecule has 1 aliphatic heterocycles. The number of nitrogens with one attached hydrogen (secondary N) is 1. The van der Waals surface area contributed by atoms with E-state index < -0.39 is 33.9 Å². The van der Waals surface area contributed by atoms with Gasteiger partial charge in [0.25, 0.3) is 0 Å². The molecule has 2 unspecified atom stereocenters. The van der Waals surface area contributed by atoms with Crippen LogP contribution in [0.3, 0.4) is 0 Å². The van der Waals surface area contributed by atoms with Crippen LogP contribution < -0.4 is 5.32 Å². The van der Waals surface area contributed by atoms with Gasteiger partial charge in [0.05, 0.1) is 45.1 Å². The van der Waals surface area contributed by atoms with Crippen molar-refractivity contribution in [3.8, 4) is 11.8 Å². The van der Waals surface area contributed by atoms with Crippen LogP contribution in [0.15, 0.2) is 29.7 Å². The standard InChI is InChI=1S/C18H14ClF3N4O2S/c1-4-17(5-6-23)11-7-10(18(20,21)22)8-12(19)14(11)26-16(24-17)15(29(3)28)13(25-26)9(2)27/h4,7-8,24H,1,5H2,2-3H3. The molecule has 1 aromatic heterocycles. The fourth-order valence-corrected chi connectivity index (χ4v) is 4.44. The second kappa shape index (κ2) is 7.00. The van der Waals surface area contributed by atoms with Gasteiger partial charge in [-0.1, -0.05) is 17.7 Å². The van der Waals surface area contributed by atoms with Gasteiger partial charge in [-0.25, -0.2) is 4.68 Å². The molecule has 11 heteroatoms. The number of hydrogen-bond acceptors (Lipinski definition) is 5. The minimum Gasteiger partial charge on any atom is -0.355 e. The summed E-state index contributed by atoms with van der Waals surface area (Å²) < 4.78 is 53.6. The second-order valence-electron chi connectivity index (χ2n) is 6.44. The summed E-state index contributed by atoms with van der Waals surface area (Å²) in [6.45, 7) is 4.91. The number of Topliss-reactive ketones (excluding diaryl/α,β-unsaturated/α-hetero) is 1. The fourth-order valence-electron chi connectivity index (χ4n) is 3.27. The van der Waals surface area contributed by atoms with Gasteiger partial charge in [-0.05, 0) is 12.1 Å². The van der Waals surface area contributed by atoms with Crippen LogP contribution in [0.5, 0.6) is 0 Å². The normalized spacial score (nSPS) is 18.8. The van der Waals surface area contributed by atoms with Crippen LogP contribution in [-0.4, -0.2) is 26.0 Å². The number of fused-ring (bicyclic) bond motifs is 3. The van der Waals surface area contributed by atoms with Gasteiger partial charge in [-0.2, -0.15) is 23.5 Å². The summed E-state index contributed by atoms with van der Waals surface area (Å²) in [6, 6.07) is 3.54. The minimum absolute atomic E-state index is 0.0208. The number of nitrogens with zero attached hydrogens (tertiary/aromatic N) is 3. The third-order valence-corrected chi connectivity index (χ3v) is 5.84. The van der Waals surface area contributed by atoms with Crippen LogP contribution in [0.1, 0.15) is 35.0 Å². The van der Waals surface area contributed by atoms with Crippen LogP contribution in [0.4, 0.5) is 19.0 Å². The highest BCUT2D eigenvalue weighted by atomic mass is 35.5. The summed E-state index contributed by atoms with van der Waals surface area (Å²) in [7, 11) is -1.67. The molecule has 152 valence electrons. The largest absolute Gasteiger partial charge is 0.416 e. The lowest BCUT2D eigenvalue weighted by Crippen LogP contribution is -2.39. The third-order valence-electron chi connectivity index (χ3n) is 4.59. The lowest BCUT2D eigenvalue weighted by Gasteiger charge is -2.38. The Bertz CT molecular complexity index is 1120. The molecule has 0 saturated heterocycles. The lowest BCUT2D eigenvalue weighted by atomic mass is 9.83. The van der Waals surface area contributed by atoms with E-state index in [2.05, 4.69) is 17.0 Å². The zero-order valence-corrected chi connectivity index (χ0v) is 16.8. The molecular weight excluding hydrogens is 429 g/mol. The number of halogens is 4. The van der Waals surface area contributed by atoms with Crippen molar-refractivity contribution in [2.45, 2.75) is 30.0 Å². The first kappa shape index (κ1) is 21.1. The first-order valence-corrected chi connectivity index (χ1v) is 10.1. The number of aromatic nitrogens is 2. The Balaban J connectivity index is 2.48. The summed E-state index contributed by atoms with van der Waals surface area (Å²) in [4.78, 5) is 12.1. The second-order valence-corrected chi connectivity index (χ2v) is 8.16. The van der Waals surface area contributed by atoms with Crippen LogP contribution >= 0.6 is 11.6 Å². The van der Waals surface area contributed by atoms with Crippen molar-refractivity contribution in [1.82, 2.24) is 9.78 Å². The fraction of sp³-hybridized carbons (Fsp3) is 0.278. The Kier molecular flexibility index (Phi) is 5.09. The number of carbonyl (C=O) groups excluding carboxylic acids is 1. The molecule has 3 rings (SSSR count). The molecule has 1 N–H and O–H groups in total. The van der Waals surface area contributed by atoms with Gasteiger partial charge in [0.15, 0.2) is 5.78 Å². The number of rotatable bonds is 4. The average molecular weight is 443 g/mol. The zero-order valence-electron chi connectivity index (χ0n) is 15.2. The van der Waals surface area contributed by atoms with E-state index in [9.17, 15) is 27.4 Å². The molecule has 0 aliphatic carbocycles. The number of nitriles is 1. The molecule has 1 aliphatic rings. The summed E-state index contributed by atoms with van der Waals surface area (Å²) in [5.41, 5.74) is -2.50. The van der Waals surface area contributed by atoms with Gasteiger partial charge < -0.3 is 5.32 Å². The molecule has 2 aromatic rings. The minimum atomic E-state index is -4.68. The summed E-state index contributed by atoms with van der Waals surface area (Å²) in [5.74, 6) is -0.367. The van der Waals surface area contributed by atoms with Crippen LogP contribution in [0.2, 0.25) is 5.02 Å². The molecule has 0 radical (unpaired) electrons. The number of carbonyl (C=O) groups is 1.